The van der Waals surface area contributed by atoms with E-state index in [1.807, 2.05) is 0 Å². The van der Waals surface area contributed by atoms with E-state index in [4.69, 9.17) is 9.47 Å². The molecule has 0 amide bonds. The van der Waals surface area contributed by atoms with Crippen LogP contribution in [-0.4, -0.2) is 61.0 Å². The van der Waals surface area contributed by atoms with Crippen molar-refractivity contribution in [1.29, 1.82) is 0 Å². The molecule has 0 saturated carbocycles. The van der Waals surface area contributed by atoms with Gasteiger partial charge in [-0.15, -0.1) is 0 Å². The maximum absolute atomic E-state index is 11.1. The zero-order valence-corrected chi connectivity index (χ0v) is 43.2. The Labute approximate surface area is 395 Å². The smallest absolute Gasteiger partial charge is 0.379 e. The van der Waals surface area contributed by atoms with E-state index in [1.54, 1.807) is 0 Å². The Morgan fingerprint density at radius 1 is 0.328 bits per heavy atom. The SMILES string of the molecule is CCCCCCCCCCCCCCCCCCOC(=O)/C=C\C([O])=O.CCCCCCCCCCCCCCCCCCOC(=O)/C=C\C([O])=O.[CH2]CCC.[CH2]CCC.[Sn]. The first kappa shape index (κ1) is 68.2. The van der Waals surface area contributed by atoms with Gasteiger partial charge in [0.2, 0.25) is 0 Å². The van der Waals surface area contributed by atoms with Crippen molar-refractivity contribution in [3.8, 4) is 0 Å². The van der Waals surface area contributed by atoms with Gasteiger partial charge in [0.25, 0.3) is 0 Å². The molecular formula is C52H96O8Sn. The summed E-state index contributed by atoms with van der Waals surface area (Å²) in [5.41, 5.74) is 0. The number of carbonyl (C=O) groups is 4. The van der Waals surface area contributed by atoms with E-state index < -0.39 is 23.9 Å². The third-order valence-electron chi connectivity index (χ3n) is 9.90. The van der Waals surface area contributed by atoms with Gasteiger partial charge in [-0.3, -0.25) is 0 Å². The van der Waals surface area contributed by atoms with Crippen LogP contribution in [0.3, 0.4) is 0 Å². The second-order valence-corrected chi connectivity index (χ2v) is 16.0. The second-order valence-electron chi connectivity index (χ2n) is 16.0. The van der Waals surface area contributed by atoms with Gasteiger partial charge < -0.3 is 9.47 Å². The molecule has 0 bridgehead atoms. The van der Waals surface area contributed by atoms with Crippen molar-refractivity contribution in [2.45, 2.75) is 259 Å². The first-order valence-electron chi connectivity index (χ1n) is 24.9. The second kappa shape index (κ2) is 64.8. The van der Waals surface area contributed by atoms with Gasteiger partial charge >= 0.3 is 23.9 Å². The molecule has 8 nitrogen and oxygen atoms in total. The van der Waals surface area contributed by atoms with Gasteiger partial charge in [-0.05, 0) is 12.8 Å². The molecule has 0 rings (SSSR count). The van der Waals surface area contributed by atoms with Gasteiger partial charge in [0.1, 0.15) is 0 Å². The van der Waals surface area contributed by atoms with Crippen LogP contribution < -0.4 is 0 Å². The monoisotopic (exact) mass is 969 g/mol. The summed E-state index contributed by atoms with van der Waals surface area (Å²) in [4.78, 5) is 42.5. The largest absolute Gasteiger partial charge is 0.463 e. The van der Waals surface area contributed by atoms with Crippen LogP contribution in [0.4, 0.5) is 0 Å². The minimum absolute atomic E-state index is 0. The fraction of sp³-hybridized carbons (Fsp3) is 0.808. The van der Waals surface area contributed by atoms with Crippen molar-refractivity contribution in [1.82, 2.24) is 0 Å². The van der Waals surface area contributed by atoms with Crippen LogP contribution >= 0.6 is 0 Å². The summed E-state index contributed by atoms with van der Waals surface area (Å²) in [6.45, 7) is 16.7. The molecule has 0 heterocycles. The molecule has 0 spiro atoms. The quantitative estimate of drug-likeness (QED) is 0.0260. The van der Waals surface area contributed by atoms with E-state index >= 15 is 0 Å². The number of ether oxygens (including phenoxy) is 2. The average Bonchev–Trinajstić information content (AvgIpc) is 3.24. The Kier molecular flexibility index (Phi) is 72.4. The predicted molar refractivity (Wildman–Crippen MR) is 257 cm³/mol. The number of hydrogen-bond acceptors (Lipinski definition) is 6. The van der Waals surface area contributed by atoms with Gasteiger partial charge in [0.15, 0.2) is 0 Å². The number of esters is 2. The molecule has 0 aliphatic carbocycles. The summed E-state index contributed by atoms with van der Waals surface area (Å²) in [5, 5.41) is 20.3. The fourth-order valence-electron chi connectivity index (χ4n) is 6.01. The summed E-state index contributed by atoms with van der Waals surface area (Å²) in [6, 6.07) is 0. The molecule has 0 fully saturated rings. The summed E-state index contributed by atoms with van der Waals surface area (Å²) in [6.07, 6.45) is 49.5. The third-order valence-corrected chi connectivity index (χ3v) is 9.90. The molecule has 0 saturated heterocycles. The molecule has 0 unspecified atom stereocenters. The van der Waals surface area contributed by atoms with Crippen molar-refractivity contribution in [3.63, 3.8) is 0 Å². The number of hydrogen-bond donors (Lipinski definition) is 0. The van der Waals surface area contributed by atoms with Gasteiger partial charge in [-0.2, -0.15) is 0 Å². The first-order chi connectivity index (χ1) is 29.2. The molecule has 61 heavy (non-hydrogen) atoms. The van der Waals surface area contributed by atoms with Gasteiger partial charge in [-0.1, -0.05) is 260 Å². The molecule has 356 valence electrons. The van der Waals surface area contributed by atoms with Crippen LogP contribution in [0.1, 0.15) is 259 Å². The number of rotatable bonds is 40. The van der Waals surface area contributed by atoms with Gasteiger partial charge in [0, 0.05) is 48.2 Å². The Hall–Kier alpha value is -1.84. The Balaban J connectivity index is -0.000000286. The van der Waals surface area contributed by atoms with Crippen molar-refractivity contribution in [2.24, 2.45) is 0 Å². The van der Waals surface area contributed by atoms with Crippen molar-refractivity contribution < 1.29 is 38.9 Å². The fourth-order valence-corrected chi connectivity index (χ4v) is 6.01. The molecule has 8 radical (unpaired) electrons. The molecule has 0 aromatic carbocycles. The van der Waals surface area contributed by atoms with Crippen LogP contribution in [0, 0.1) is 13.8 Å². The van der Waals surface area contributed by atoms with Crippen molar-refractivity contribution in [3.05, 3.63) is 38.2 Å². The molecule has 9 heteroatoms. The standard InChI is InChI=1S/2C22H39O4.2C4H9.Sn/c2*1-2-3-4-5-6-7-8-9-10-11-12-13-14-15-16-17-20-26-22(25)19-18-21(23)24;2*1-3-4-2;/h2*18-19H,2-17,20H2,1H3;2*1,3-4H2,2H3;/b2*19-18-;;;. The molecule has 0 N–H and O–H groups in total. The Morgan fingerprint density at radius 3 is 0.672 bits per heavy atom. The molecule has 0 aliphatic heterocycles. The summed E-state index contributed by atoms with van der Waals surface area (Å²) < 4.78 is 9.79. The van der Waals surface area contributed by atoms with Crippen LogP contribution in [0.25, 0.3) is 0 Å². The molecule has 0 atom stereocenters. The minimum atomic E-state index is -1.38. The van der Waals surface area contributed by atoms with Gasteiger partial charge in [0.05, 0.1) is 13.2 Å². The molecule has 0 aliphatic rings. The van der Waals surface area contributed by atoms with Crippen LogP contribution in [0.2, 0.25) is 0 Å². The van der Waals surface area contributed by atoms with Crippen molar-refractivity contribution in [2.75, 3.05) is 13.2 Å². The topological polar surface area (TPSA) is 127 Å². The van der Waals surface area contributed by atoms with Crippen LogP contribution in [-0.2, 0) is 38.9 Å². The summed E-state index contributed by atoms with van der Waals surface area (Å²) in [7, 11) is 0. The van der Waals surface area contributed by atoms with Crippen LogP contribution in [0.5, 0.6) is 0 Å². The molecular weight excluding hydrogens is 871 g/mol. The van der Waals surface area contributed by atoms with E-state index in [0.717, 1.165) is 50.7 Å². The maximum Gasteiger partial charge on any atom is 0.379 e. The summed E-state index contributed by atoms with van der Waals surface area (Å²) >= 11 is 0. The zero-order chi connectivity index (χ0) is 45.4. The zero-order valence-electron chi connectivity index (χ0n) is 40.4. The number of unbranched alkanes of at least 4 members (excludes halogenated alkanes) is 32. The Bertz CT molecular complexity index is 858. The van der Waals surface area contributed by atoms with Crippen molar-refractivity contribution >= 4 is 47.8 Å². The average molecular weight is 968 g/mol. The maximum atomic E-state index is 11.1. The van der Waals surface area contributed by atoms with E-state index in [2.05, 4.69) is 41.5 Å². The van der Waals surface area contributed by atoms with E-state index in [1.165, 1.54) is 193 Å². The van der Waals surface area contributed by atoms with Gasteiger partial charge in [-0.25, -0.2) is 29.4 Å². The predicted octanol–water partition coefficient (Wildman–Crippen LogP) is 15.5. The van der Waals surface area contributed by atoms with E-state index in [-0.39, 0.29) is 23.9 Å². The van der Waals surface area contributed by atoms with E-state index in [9.17, 15) is 29.4 Å². The normalized spacial score (nSPS) is 10.5. The first-order valence-corrected chi connectivity index (χ1v) is 24.9. The number of carbonyl (C=O) groups excluding carboxylic acids is 4. The minimum Gasteiger partial charge on any atom is -0.463 e. The van der Waals surface area contributed by atoms with Crippen LogP contribution in [0.15, 0.2) is 24.3 Å². The molecule has 0 aromatic rings. The summed E-state index contributed by atoms with van der Waals surface area (Å²) in [5.74, 6) is -4.00. The molecule has 0 aromatic heterocycles. The third kappa shape index (κ3) is 79.1. The van der Waals surface area contributed by atoms with E-state index in [0.29, 0.717) is 25.4 Å². The Morgan fingerprint density at radius 2 is 0.508 bits per heavy atom.